The van der Waals surface area contributed by atoms with E-state index in [2.05, 4.69) is 38.9 Å². The predicted molar refractivity (Wildman–Crippen MR) is 65.1 cm³/mol. The van der Waals surface area contributed by atoms with Gasteiger partial charge in [0.05, 0.1) is 5.69 Å². The summed E-state index contributed by atoms with van der Waals surface area (Å²) in [5.74, 6) is 0. The zero-order valence-electron chi connectivity index (χ0n) is 10.8. The van der Waals surface area contributed by atoms with Crippen molar-refractivity contribution in [2.75, 3.05) is 0 Å². The van der Waals surface area contributed by atoms with Crippen LogP contribution in [-0.2, 0) is 12.5 Å². The summed E-state index contributed by atoms with van der Waals surface area (Å²) in [7, 11) is 2.02. The normalized spacial score (nSPS) is 15.3. The first-order valence-corrected chi connectivity index (χ1v) is 6.04. The summed E-state index contributed by atoms with van der Waals surface area (Å²) in [5.41, 5.74) is 2.78. The van der Waals surface area contributed by atoms with Gasteiger partial charge in [0.1, 0.15) is 0 Å². The van der Waals surface area contributed by atoms with Crippen LogP contribution in [0.1, 0.15) is 57.8 Å². The molecule has 0 aliphatic heterocycles. The number of hydrogen-bond acceptors (Lipinski definition) is 1. The van der Waals surface area contributed by atoms with Crippen molar-refractivity contribution in [1.82, 2.24) is 9.78 Å². The van der Waals surface area contributed by atoms with Gasteiger partial charge in [0, 0.05) is 18.2 Å². The fourth-order valence-electron chi connectivity index (χ4n) is 1.91. The third-order valence-corrected chi connectivity index (χ3v) is 3.59. The van der Waals surface area contributed by atoms with Crippen LogP contribution in [0.5, 0.6) is 0 Å². The van der Waals surface area contributed by atoms with Crippen LogP contribution in [0.3, 0.4) is 0 Å². The minimum absolute atomic E-state index is 0.266. The number of rotatable bonds is 5. The molecule has 0 radical (unpaired) electrons. The van der Waals surface area contributed by atoms with Crippen molar-refractivity contribution < 1.29 is 0 Å². The first-order valence-electron chi connectivity index (χ1n) is 6.04. The Hall–Kier alpha value is -0.790. The second-order valence-electron chi connectivity index (χ2n) is 4.81. The first kappa shape index (κ1) is 12.3. The molecule has 1 rings (SSSR count). The molecule has 2 nitrogen and oxygen atoms in total. The van der Waals surface area contributed by atoms with Crippen LogP contribution in [0.15, 0.2) is 6.07 Å². The SMILES string of the molecule is CCCCC(C)(CC)c1cc(C)n(C)n1. The zero-order chi connectivity index (χ0) is 11.5. The highest BCUT2D eigenvalue weighted by Gasteiger charge is 2.26. The molecule has 1 aromatic heterocycles. The molecule has 0 aromatic carbocycles. The zero-order valence-corrected chi connectivity index (χ0v) is 10.8. The summed E-state index contributed by atoms with van der Waals surface area (Å²) in [6, 6.07) is 2.24. The molecule has 0 amide bonds. The highest BCUT2D eigenvalue weighted by Crippen LogP contribution is 2.32. The molecule has 1 aromatic rings. The summed E-state index contributed by atoms with van der Waals surface area (Å²) in [6.45, 7) is 8.97. The van der Waals surface area contributed by atoms with E-state index >= 15 is 0 Å². The smallest absolute Gasteiger partial charge is 0.0686 e. The molecule has 1 atom stereocenters. The Morgan fingerprint density at radius 3 is 2.47 bits per heavy atom. The molecule has 15 heavy (non-hydrogen) atoms. The van der Waals surface area contributed by atoms with E-state index in [0.29, 0.717) is 0 Å². The van der Waals surface area contributed by atoms with Gasteiger partial charge in [0.25, 0.3) is 0 Å². The van der Waals surface area contributed by atoms with Crippen molar-refractivity contribution >= 4 is 0 Å². The van der Waals surface area contributed by atoms with Crippen LogP contribution in [0.2, 0.25) is 0 Å². The lowest BCUT2D eigenvalue weighted by molar-refractivity contribution is 0.388. The fourth-order valence-corrected chi connectivity index (χ4v) is 1.91. The van der Waals surface area contributed by atoms with Gasteiger partial charge in [-0.1, -0.05) is 33.6 Å². The summed E-state index contributed by atoms with van der Waals surface area (Å²) in [6.07, 6.45) is 4.97. The van der Waals surface area contributed by atoms with Gasteiger partial charge in [-0.05, 0) is 25.8 Å². The van der Waals surface area contributed by atoms with Crippen molar-refractivity contribution in [2.24, 2.45) is 7.05 Å². The van der Waals surface area contributed by atoms with Gasteiger partial charge in [0.15, 0.2) is 0 Å². The van der Waals surface area contributed by atoms with Crippen molar-refractivity contribution in [3.63, 3.8) is 0 Å². The molecular formula is C13H24N2. The van der Waals surface area contributed by atoms with Gasteiger partial charge in [-0.15, -0.1) is 0 Å². The highest BCUT2D eigenvalue weighted by atomic mass is 15.3. The molecular weight excluding hydrogens is 184 g/mol. The van der Waals surface area contributed by atoms with Gasteiger partial charge in [-0.3, -0.25) is 4.68 Å². The van der Waals surface area contributed by atoms with Gasteiger partial charge in [-0.25, -0.2) is 0 Å². The van der Waals surface area contributed by atoms with E-state index in [-0.39, 0.29) is 5.41 Å². The van der Waals surface area contributed by atoms with E-state index in [1.54, 1.807) is 0 Å². The highest BCUT2D eigenvalue weighted by molar-refractivity contribution is 5.18. The van der Waals surface area contributed by atoms with E-state index in [1.165, 1.54) is 37.1 Å². The molecule has 0 aliphatic rings. The monoisotopic (exact) mass is 208 g/mol. The van der Waals surface area contributed by atoms with E-state index in [1.807, 2.05) is 11.7 Å². The molecule has 0 spiro atoms. The molecule has 0 N–H and O–H groups in total. The molecule has 0 fully saturated rings. The standard InChI is InChI=1S/C13H24N2/c1-6-8-9-13(4,7-2)12-10-11(3)15(5)14-12/h10H,6-9H2,1-5H3. The number of aromatic nitrogens is 2. The number of unbranched alkanes of at least 4 members (excludes halogenated alkanes) is 1. The lowest BCUT2D eigenvalue weighted by Gasteiger charge is -2.25. The number of hydrogen-bond donors (Lipinski definition) is 0. The fraction of sp³-hybridized carbons (Fsp3) is 0.769. The number of nitrogens with zero attached hydrogens (tertiary/aromatic N) is 2. The molecule has 1 heterocycles. The van der Waals surface area contributed by atoms with Gasteiger partial charge in [-0.2, -0.15) is 5.10 Å². The topological polar surface area (TPSA) is 17.8 Å². The largest absolute Gasteiger partial charge is 0.273 e. The maximum Gasteiger partial charge on any atom is 0.0686 e. The average Bonchev–Trinajstić information content (AvgIpc) is 2.56. The Morgan fingerprint density at radius 1 is 1.40 bits per heavy atom. The molecule has 86 valence electrons. The Morgan fingerprint density at radius 2 is 2.07 bits per heavy atom. The molecule has 0 bridgehead atoms. The van der Waals surface area contributed by atoms with E-state index in [4.69, 9.17) is 0 Å². The van der Waals surface area contributed by atoms with Crippen LogP contribution < -0.4 is 0 Å². The van der Waals surface area contributed by atoms with Crippen molar-refractivity contribution in [3.05, 3.63) is 17.5 Å². The summed E-state index contributed by atoms with van der Waals surface area (Å²) >= 11 is 0. The van der Waals surface area contributed by atoms with E-state index < -0.39 is 0 Å². The Kier molecular flexibility index (Phi) is 3.95. The lowest BCUT2D eigenvalue weighted by atomic mass is 9.79. The van der Waals surface area contributed by atoms with Crippen LogP contribution in [-0.4, -0.2) is 9.78 Å². The maximum absolute atomic E-state index is 4.62. The van der Waals surface area contributed by atoms with Crippen LogP contribution in [0.4, 0.5) is 0 Å². The van der Waals surface area contributed by atoms with E-state index in [9.17, 15) is 0 Å². The summed E-state index contributed by atoms with van der Waals surface area (Å²) < 4.78 is 1.98. The molecule has 0 saturated heterocycles. The van der Waals surface area contributed by atoms with Gasteiger partial charge < -0.3 is 0 Å². The minimum Gasteiger partial charge on any atom is -0.273 e. The van der Waals surface area contributed by atoms with E-state index in [0.717, 1.165) is 0 Å². The Labute approximate surface area is 93.7 Å². The van der Waals surface area contributed by atoms with Crippen LogP contribution in [0, 0.1) is 6.92 Å². The summed E-state index contributed by atoms with van der Waals surface area (Å²) in [4.78, 5) is 0. The Bertz CT molecular complexity index is 295. The third kappa shape index (κ3) is 2.61. The Balaban J connectivity index is 2.89. The van der Waals surface area contributed by atoms with Crippen molar-refractivity contribution in [1.29, 1.82) is 0 Å². The number of aryl methyl sites for hydroxylation is 2. The van der Waals surface area contributed by atoms with Crippen LogP contribution >= 0.6 is 0 Å². The van der Waals surface area contributed by atoms with Gasteiger partial charge >= 0.3 is 0 Å². The molecule has 0 aliphatic carbocycles. The maximum atomic E-state index is 4.62. The molecule has 1 unspecified atom stereocenters. The van der Waals surface area contributed by atoms with Crippen molar-refractivity contribution in [2.45, 2.75) is 58.8 Å². The van der Waals surface area contributed by atoms with Gasteiger partial charge in [0.2, 0.25) is 0 Å². The molecule has 2 heteroatoms. The van der Waals surface area contributed by atoms with Crippen LogP contribution in [0.25, 0.3) is 0 Å². The molecule has 0 saturated carbocycles. The summed E-state index contributed by atoms with van der Waals surface area (Å²) in [5, 5.41) is 4.62. The lowest BCUT2D eigenvalue weighted by Crippen LogP contribution is -2.21. The predicted octanol–water partition coefficient (Wildman–Crippen LogP) is 3.59. The quantitative estimate of drug-likeness (QED) is 0.723. The second kappa shape index (κ2) is 4.82. The van der Waals surface area contributed by atoms with Crippen molar-refractivity contribution in [3.8, 4) is 0 Å². The third-order valence-electron chi connectivity index (χ3n) is 3.59. The second-order valence-corrected chi connectivity index (χ2v) is 4.81. The minimum atomic E-state index is 0.266. The first-order chi connectivity index (χ1) is 7.03. The average molecular weight is 208 g/mol.